The first-order chi connectivity index (χ1) is 12.5. The van der Waals surface area contributed by atoms with Crippen molar-refractivity contribution in [1.82, 2.24) is 5.32 Å². The zero-order valence-corrected chi connectivity index (χ0v) is 15.7. The van der Waals surface area contributed by atoms with Crippen LogP contribution in [-0.4, -0.2) is 23.9 Å². The van der Waals surface area contributed by atoms with Gasteiger partial charge in [-0.15, -0.1) is 0 Å². The number of benzene rings is 2. The van der Waals surface area contributed by atoms with Gasteiger partial charge in [-0.3, -0.25) is 0 Å². The molecule has 0 spiro atoms. The molecule has 2 aromatic carbocycles. The number of rotatable bonds is 2. The minimum atomic E-state index is -0.251. The molecule has 5 nitrogen and oxygen atoms in total. The maximum atomic E-state index is 6.08. The molecule has 4 rings (SSSR count). The Hall–Kier alpha value is -2.47. The van der Waals surface area contributed by atoms with E-state index in [4.69, 9.17) is 26.4 Å². The molecule has 0 fully saturated rings. The Bertz CT molecular complexity index is 838. The van der Waals surface area contributed by atoms with E-state index in [-0.39, 0.29) is 11.6 Å². The van der Waals surface area contributed by atoms with E-state index in [1.165, 1.54) is 0 Å². The molecule has 136 valence electrons. The Morgan fingerprint density at radius 1 is 1.04 bits per heavy atom. The van der Waals surface area contributed by atoms with Gasteiger partial charge in [0.25, 0.3) is 0 Å². The number of anilines is 1. The number of para-hydroxylation sites is 1. The zero-order chi connectivity index (χ0) is 18.1. The van der Waals surface area contributed by atoms with Crippen LogP contribution in [0.2, 0.25) is 0 Å². The van der Waals surface area contributed by atoms with E-state index in [0.717, 1.165) is 34.9 Å². The molecular formula is C20H22N2O3S. The van der Waals surface area contributed by atoms with Crippen LogP contribution in [0, 0.1) is 0 Å². The summed E-state index contributed by atoms with van der Waals surface area (Å²) in [6, 6.07) is 13.9. The van der Waals surface area contributed by atoms with Crippen molar-refractivity contribution in [3.63, 3.8) is 0 Å². The van der Waals surface area contributed by atoms with Crippen LogP contribution >= 0.6 is 12.2 Å². The van der Waals surface area contributed by atoms with E-state index in [1.807, 2.05) is 36.4 Å². The Balaban J connectivity index is 1.48. The summed E-state index contributed by atoms with van der Waals surface area (Å²) in [5.74, 6) is 2.41. The van der Waals surface area contributed by atoms with Gasteiger partial charge in [0.05, 0.1) is 6.04 Å². The van der Waals surface area contributed by atoms with Crippen molar-refractivity contribution in [2.75, 3.05) is 18.5 Å². The molecule has 6 heteroatoms. The molecule has 2 aromatic rings. The lowest BCUT2D eigenvalue weighted by atomic mass is 9.90. The summed E-state index contributed by atoms with van der Waals surface area (Å²) in [5, 5.41) is 7.24. The van der Waals surface area contributed by atoms with Crippen molar-refractivity contribution in [3.8, 4) is 17.2 Å². The van der Waals surface area contributed by atoms with Crippen LogP contribution in [0.25, 0.3) is 0 Å². The number of fused-ring (bicyclic) bond motifs is 2. The van der Waals surface area contributed by atoms with Crippen molar-refractivity contribution in [1.29, 1.82) is 0 Å². The molecule has 1 atom stereocenters. The second-order valence-electron chi connectivity index (χ2n) is 7.11. The second kappa shape index (κ2) is 6.68. The van der Waals surface area contributed by atoms with E-state index < -0.39 is 0 Å². The van der Waals surface area contributed by atoms with Gasteiger partial charge in [-0.25, -0.2) is 0 Å². The van der Waals surface area contributed by atoms with Crippen LogP contribution in [0.1, 0.15) is 31.9 Å². The number of ether oxygens (including phenoxy) is 3. The topological polar surface area (TPSA) is 51.8 Å². The van der Waals surface area contributed by atoms with Gasteiger partial charge in [-0.2, -0.15) is 0 Å². The maximum Gasteiger partial charge on any atom is 0.171 e. The van der Waals surface area contributed by atoms with Crippen molar-refractivity contribution < 1.29 is 14.2 Å². The quantitative estimate of drug-likeness (QED) is 0.778. The number of nitrogens with one attached hydrogen (secondary N) is 2. The lowest BCUT2D eigenvalue weighted by Gasteiger charge is -2.38. The van der Waals surface area contributed by atoms with Gasteiger partial charge in [0.1, 0.15) is 24.6 Å². The van der Waals surface area contributed by atoms with Crippen LogP contribution in [0.15, 0.2) is 42.5 Å². The first-order valence-electron chi connectivity index (χ1n) is 8.75. The Morgan fingerprint density at radius 2 is 1.81 bits per heavy atom. The van der Waals surface area contributed by atoms with E-state index in [1.54, 1.807) is 0 Å². The largest absolute Gasteiger partial charge is 0.487 e. The highest BCUT2D eigenvalue weighted by Gasteiger charge is 2.33. The Kier molecular flexibility index (Phi) is 4.36. The standard InChI is InChI=1S/C20H22N2O3S/c1-20(2)12-15(14-5-3-4-6-16(14)25-20)22-19(26)21-13-7-8-17-18(11-13)24-10-9-23-17/h3-8,11,15H,9-10,12H2,1-2H3,(H2,21,22,26)/t15-/m0/s1. The summed E-state index contributed by atoms with van der Waals surface area (Å²) in [5.41, 5.74) is 1.74. The normalized spacial score (nSPS) is 19.7. The summed E-state index contributed by atoms with van der Waals surface area (Å²) in [6.07, 6.45) is 0.826. The van der Waals surface area contributed by atoms with Crippen molar-refractivity contribution >= 4 is 23.0 Å². The highest BCUT2D eigenvalue weighted by atomic mass is 32.1. The van der Waals surface area contributed by atoms with Gasteiger partial charge in [0, 0.05) is 23.7 Å². The van der Waals surface area contributed by atoms with Gasteiger partial charge in [-0.05, 0) is 44.3 Å². The first kappa shape index (κ1) is 17.0. The molecule has 26 heavy (non-hydrogen) atoms. The van der Waals surface area contributed by atoms with Crippen LogP contribution in [0.4, 0.5) is 5.69 Å². The molecule has 0 unspecified atom stereocenters. The van der Waals surface area contributed by atoms with Crippen LogP contribution < -0.4 is 24.8 Å². The van der Waals surface area contributed by atoms with E-state index >= 15 is 0 Å². The van der Waals surface area contributed by atoms with Gasteiger partial charge >= 0.3 is 0 Å². The number of hydrogen-bond acceptors (Lipinski definition) is 4. The fourth-order valence-electron chi connectivity index (χ4n) is 3.38. The predicted octanol–water partition coefficient (Wildman–Crippen LogP) is 4.05. The summed E-state index contributed by atoms with van der Waals surface area (Å²) in [6.45, 7) is 5.33. The number of thiocarbonyl (C=S) groups is 1. The maximum absolute atomic E-state index is 6.08. The van der Waals surface area contributed by atoms with Gasteiger partial charge in [0.15, 0.2) is 16.6 Å². The lowest BCUT2D eigenvalue weighted by Crippen LogP contribution is -2.42. The fourth-order valence-corrected chi connectivity index (χ4v) is 3.64. The van der Waals surface area contributed by atoms with Crippen molar-refractivity contribution in [2.45, 2.75) is 31.9 Å². The second-order valence-corrected chi connectivity index (χ2v) is 7.52. The molecule has 0 saturated carbocycles. The van der Waals surface area contributed by atoms with Crippen LogP contribution in [0.5, 0.6) is 17.2 Å². The van der Waals surface area contributed by atoms with Crippen molar-refractivity contribution in [2.24, 2.45) is 0 Å². The lowest BCUT2D eigenvalue weighted by molar-refractivity contribution is 0.0697. The summed E-state index contributed by atoms with van der Waals surface area (Å²) in [7, 11) is 0. The van der Waals surface area contributed by atoms with Crippen molar-refractivity contribution in [3.05, 3.63) is 48.0 Å². The summed E-state index contributed by atoms with van der Waals surface area (Å²) in [4.78, 5) is 0. The minimum absolute atomic E-state index is 0.0900. The minimum Gasteiger partial charge on any atom is -0.487 e. The third kappa shape index (κ3) is 3.55. The van der Waals surface area contributed by atoms with Gasteiger partial charge < -0.3 is 24.8 Å². The molecule has 0 amide bonds. The third-order valence-electron chi connectivity index (χ3n) is 4.48. The SMILES string of the molecule is CC1(C)C[C@H](NC(=S)Nc2ccc3c(c2)OCCO3)c2ccccc2O1. The Morgan fingerprint density at radius 3 is 2.65 bits per heavy atom. The predicted molar refractivity (Wildman–Crippen MR) is 105 cm³/mol. The molecule has 2 aliphatic rings. The smallest absolute Gasteiger partial charge is 0.171 e. The summed E-state index contributed by atoms with van der Waals surface area (Å²) >= 11 is 5.54. The highest BCUT2D eigenvalue weighted by molar-refractivity contribution is 7.80. The molecular weight excluding hydrogens is 348 g/mol. The average Bonchev–Trinajstić information content (AvgIpc) is 2.60. The van der Waals surface area contributed by atoms with E-state index in [0.29, 0.717) is 18.3 Å². The fraction of sp³-hybridized carbons (Fsp3) is 0.350. The first-order valence-corrected chi connectivity index (χ1v) is 9.16. The van der Waals surface area contributed by atoms with Crippen LogP contribution in [0.3, 0.4) is 0 Å². The monoisotopic (exact) mass is 370 g/mol. The molecule has 0 aromatic heterocycles. The van der Waals surface area contributed by atoms with Crippen LogP contribution in [-0.2, 0) is 0 Å². The molecule has 0 bridgehead atoms. The molecule has 2 N–H and O–H groups in total. The van der Waals surface area contributed by atoms with E-state index in [2.05, 4.69) is 30.5 Å². The average molecular weight is 370 g/mol. The van der Waals surface area contributed by atoms with E-state index in [9.17, 15) is 0 Å². The molecule has 0 aliphatic carbocycles. The molecule has 2 heterocycles. The molecule has 0 saturated heterocycles. The highest BCUT2D eigenvalue weighted by Crippen LogP contribution is 2.39. The van der Waals surface area contributed by atoms with Gasteiger partial charge in [0.2, 0.25) is 0 Å². The number of hydrogen-bond donors (Lipinski definition) is 2. The third-order valence-corrected chi connectivity index (χ3v) is 4.70. The zero-order valence-electron chi connectivity index (χ0n) is 14.9. The summed E-state index contributed by atoms with van der Waals surface area (Å²) < 4.78 is 17.3. The Labute approximate surface area is 158 Å². The van der Waals surface area contributed by atoms with Gasteiger partial charge in [-0.1, -0.05) is 18.2 Å². The molecule has 2 aliphatic heterocycles. The molecule has 0 radical (unpaired) electrons.